The Hall–Kier alpha value is -2.15. The van der Waals surface area contributed by atoms with Gasteiger partial charge in [0, 0.05) is 38.3 Å². The van der Waals surface area contributed by atoms with Crippen molar-refractivity contribution in [3.8, 4) is 0 Å². The maximum atomic E-state index is 10.6. The van der Waals surface area contributed by atoms with E-state index in [1.165, 1.54) is 0 Å². The van der Waals surface area contributed by atoms with E-state index in [-0.39, 0.29) is 16.7 Å². The second kappa shape index (κ2) is 9.98. The zero-order valence-corrected chi connectivity index (χ0v) is 14.9. The average Bonchev–Trinajstić information content (AvgIpc) is 2.61. The molecule has 25 heavy (non-hydrogen) atoms. The molecule has 1 aliphatic rings. The van der Waals surface area contributed by atoms with Gasteiger partial charge in [0.15, 0.2) is 5.96 Å². The van der Waals surface area contributed by atoms with E-state index in [9.17, 15) is 15.2 Å². The summed E-state index contributed by atoms with van der Waals surface area (Å²) in [6, 6.07) is 6.76. The molecule has 0 atom stereocenters. The SMILES string of the molecule is CCNC(=NCCCCc1ccc([N+](=O)[O-])cc1)N1CCC(O)CC1. The molecule has 0 radical (unpaired) electrons. The third kappa shape index (κ3) is 6.34. The lowest BCUT2D eigenvalue weighted by atomic mass is 10.1. The van der Waals surface area contributed by atoms with Crippen LogP contribution in [0, 0.1) is 10.1 Å². The van der Waals surface area contributed by atoms with Crippen LogP contribution in [0.5, 0.6) is 0 Å². The van der Waals surface area contributed by atoms with Gasteiger partial charge >= 0.3 is 0 Å². The first-order valence-corrected chi connectivity index (χ1v) is 9.04. The molecule has 0 saturated carbocycles. The van der Waals surface area contributed by atoms with Gasteiger partial charge in [-0.2, -0.15) is 0 Å². The molecule has 7 nitrogen and oxygen atoms in total. The van der Waals surface area contributed by atoms with Crippen LogP contribution in [0.3, 0.4) is 0 Å². The Morgan fingerprint density at radius 3 is 2.60 bits per heavy atom. The number of nitrogens with one attached hydrogen (secondary N) is 1. The number of nitrogens with zero attached hydrogens (tertiary/aromatic N) is 3. The van der Waals surface area contributed by atoms with E-state index in [1.807, 2.05) is 12.1 Å². The second-order valence-electron chi connectivity index (χ2n) is 6.33. The van der Waals surface area contributed by atoms with Crippen molar-refractivity contribution in [3.63, 3.8) is 0 Å². The molecule has 1 fully saturated rings. The summed E-state index contributed by atoms with van der Waals surface area (Å²) in [5.41, 5.74) is 1.25. The lowest BCUT2D eigenvalue weighted by Gasteiger charge is -2.32. The number of non-ortho nitro benzene ring substituents is 1. The van der Waals surface area contributed by atoms with Gasteiger partial charge in [0.1, 0.15) is 0 Å². The predicted octanol–water partition coefficient (Wildman–Crippen LogP) is 2.34. The summed E-state index contributed by atoms with van der Waals surface area (Å²) >= 11 is 0. The number of aliphatic hydroxyl groups excluding tert-OH is 1. The topological polar surface area (TPSA) is 91.0 Å². The summed E-state index contributed by atoms with van der Waals surface area (Å²) in [7, 11) is 0. The number of hydrogen-bond donors (Lipinski definition) is 2. The molecule has 0 bridgehead atoms. The molecule has 0 unspecified atom stereocenters. The van der Waals surface area contributed by atoms with Crippen molar-refractivity contribution in [2.45, 2.75) is 45.1 Å². The Bertz CT molecular complexity index is 566. The minimum atomic E-state index is -0.375. The van der Waals surface area contributed by atoms with E-state index < -0.39 is 0 Å². The number of aliphatic imine (C=N–C) groups is 1. The minimum absolute atomic E-state index is 0.135. The number of nitro groups is 1. The molecule has 0 amide bonds. The maximum absolute atomic E-state index is 10.6. The van der Waals surface area contributed by atoms with Gasteiger partial charge in [0.05, 0.1) is 11.0 Å². The highest BCUT2D eigenvalue weighted by Gasteiger charge is 2.19. The lowest BCUT2D eigenvalue weighted by molar-refractivity contribution is -0.384. The molecule has 1 heterocycles. The summed E-state index contributed by atoms with van der Waals surface area (Å²) in [6.07, 6.45) is 4.29. The number of aryl methyl sites for hydroxylation is 1. The van der Waals surface area contributed by atoms with Gasteiger partial charge in [0.25, 0.3) is 5.69 Å². The highest BCUT2D eigenvalue weighted by Crippen LogP contribution is 2.14. The van der Waals surface area contributed by atoms with Gasteiger partial charge < -0.3 is 15.3 Å². The third-order valence-electron chi connectivity index (χ3n) is 4.38. The van der Waals surface area contributed by atoms with Gasteiger partial charge in [-0.15, -0.1) is 0 Å². The number of aliphatic hydroxyl groups is 1. The molecule has 2 rings (SSSR count). The highest BCUT2D eigenvalue weighted by atomic mass is 16.6. The van der Waals surface area contributed by atoms with Crippen LogP contribution in [0.1, 0.15) is 38.2 Å². The molecule has 7 heteroatoms. The normalized spacial score (nSPS) is 16.1. The quantitative estimate of drug-likeness (QED) is 0.259. The largest absolute Gasteiger partial charge is 0.393 e. The molecule has 1 saturated heterocycles. The van der Waals surface area contributed by atoms with E-state index >= 15 is 0 Å². The Balaban J connectivity index is 1.74. The highest BCUT2D eigenvalue weighted by molar-refractivity contribution is 5.80. The van der Waals surface area contributed by atoms with Crippen molar-refractivity contribution in [1.29, 1.82) is 0 Å². The van der Waals surface area contributed by atoms with Gasteiger partial charge in [-0.1, -0.05) is 12.1 Å². The molecule has 1 aromatic carbocycles. The number of benzene rings is 1. The van der Waals surface area contributed by atoms with E-state index in [0.717, 1.165) is 69.8 Å². The molecular weight excluding hydrogens is 320 g/mol. The molecule has 2 N–H and O–H groups in total. The fourth-order valence-electron chi connectivity index (χ4n) is 2.91. The van der Waals surface area contributed by atoms with Crippen LogP contribution in [0.2, 0.25) is 0 Å². The van der Waals surface area contributed by atoms with E-state index in [2.05, 4.69) is 17.1 Å². The minimum Gasteiger partial charge on any atom is -0.393 e. The second-order valence-corrected chi connectivity index (χ2v) is 6.33. The number of rotatable bonds is 7. The molecule has 0 spiro atoms. The van der Waals surface area contributed by atoms with Crippen molar-refractivity contribution >= 4 is 11.6 Å². The maximum Gasteiger partial charge on any atom is 0.269 e. The number of guanidine groups is 1. The van der Waals surface area contributed by atoms with Crippen LogP contribution >= 0.6 is 0 Å². The van der Waals surface area contributed by atoms with Gasteiger partial charge in [-0.05, 0) is 44.6 Å². The van der Waals surface area contributed by atoms with Crippen molar-refractivity contribution in [2.24, 2.45) is 4.99 Å². The molecule has 1 aromatic rings. The van der Waals surface area contributed by atoms with Crippen LogP contribution < -0.4 is 5.32 Å². The van der Waals surface area contributed by atoms with Crippen molar-refractivity contribution < 1.29 is 10.0 Å². The summed E-state index contributed by atoms with van der Waals surface area (Å²) in [6.45, 7) is 5.34. The Morgan fingerprint density at radius 1 is 1.32 bits per heavy atom. The van der Waals surface area contributed by atoms with Gasteiger partial charge in [-0.3, -0.25) is 15.1 Å². The number of nitro benzene ring substituents is 1. The summed E-state index contributed by atoms with van der Waals surface area (Å²) in [5, 5.41) is 23.6. The Labute approximate surface area is 148 Å². The molecule has 138 valence electrons. The standard InChI is InChI=1S/C18H28N4O3/c1-2-19-18(21-13-10-17(23)11-14-21)20-12-4-3-5-15-6-8-16(9-7-15)22(24)25/h6-9,17,23H,2-5,10-14H2,1H3,(H,19,20). The van der Waals surface area contributed by atoms with Crippen LogP contribution in [-0.2, 0) is 6.42 Å². The molecule has 1 aliphatic heterocycles. The van der Waals surface area contributed by atoms with E-state index in [0.29, 0.717) is 0 Å². The zero-order chi connectivity index (χ0) is 18.1. The molecular formula is C18H28N4O3. The number of hydrogen-bond acceptors (Lipinski definition) is 4. The first kappa shape index (κ1) is 19.2. The first-order chi connectivity index (χ1) is 12.1. The molecule has 0 aromatic heterocycles. The van der Waals surface area contributed by atoms with Crippen LogP contribution in [0.25, 0.3) is 0 Å². The Kier molecular flexibility index (Phi) is 7.66. The third-order valence-corrected chi connectivity index (χ3v) is 4.38. The van der Waals surface area contributed by atoms with Crippen LogP contribution in [0.15, 0.2) is 29.3 Å². The number of piperidine rings is 1. The van der Waals surface area contributed by atoms with Crippen LogP contribution in [-0.4, -0.2) is 53.2 Å². The number of likely N-dealkylation sites (tertiary alicyclic amines) is 1. The fourth-order valence-corrected chi connectivity index (χ4v) is 2.91. The van der Waals surface area contributed by atoms with E-state index in [1.54, 1.807) is 12.1 Å². The zero-order valence-electron chi connectivity index (χ0n) is 14.9. The Morgan fingerprint density at radius 2 is 2.00 bits per heavy atom. The monoisotopic (exact) mass is 348 g/mol. The van der Waals surface area contributed by atoms with Crippen LogP contribution in [0.4, 0.5) is 5.69 Å². The van der Waals surface area contributed by atoms with Gasteiger partial charge in [-0.25, -0.2) is 0 Å². The van der Waals surface area contributed by atoms with Crippen molar-refractivity contribution in [1.82, 2.24) is 10.2 Å². The van der Waals surface area contributed by atoms with E-state index in [4.69, 9.17) is 4.99 Å². The van der Waals surface area contributed by atoms with Crippen molar-refractivity contribution in [3.05, 3.63) is 39.9 Å². The predicted molar refractivity (Wildman–Crippen MR) is 98.8 cm³/mol. The summed E-state index contributed by atoms with van der Waals surface area (Å²) < 4.78 is 0. The smallest absolute Gasteiger partial charge is 0.269 e. The molecule has 0 aliphatic carbocycles. The average molecular weight is 348 g/mol. The van der Waals surface area contributed by atoms with Gasteiger partial charge in [0.2, 0.25) is 0 Å². The lowest BCUT2D eigenvalue weighted by Crippen LogP contribution is -2.46. The first-order valence-electron chi connectivity index (χ1n) is 9.04. The number of unbranched alkanes of at least 4 members (excludes halogenated alkanes) is 1. The van der Waals surface area contributed by atoms with Crippen molar-refractivity contribution in [2.75, 3.05) is 26.2 Å². The summed E-state index contributed by atoms with van der Waals surface area (Å²) in [5.74, 6) is 0.935. The summed E-state index contributed by atoms with van der Waals surface area (Å²) in [4.78, 5) is 17.2. The fraction of sp³-hybridized carbons (Fsp3) is 0.611.